The summed E-state index contributed by atoms with van der Waals surface area (Å²) in [6.07, 6.45) is 11.0. The minimum absolute atomic E-state index is 0.271. The lowest BCUT2D eigenvalue weighted by Crippen LogP contribution is -2.40. The maximum absolute atomic E-state index is 11.3. The summed E-state index contributed by atoms with van der Waals surface area (Å²) >= 11 is 0. The normalized spacial score (nSPS) is 23.2. The second-order valence-electron chi connectivity index (χ2n) is 8.37. The summed E-state index contributed by atoms with van der Waals surface area (Å²) in [7, 11) is 1.58. The van der Waals surface area contributed by atoms with Gasteiger partial charge in [0.05, 0.1) is 25.1 Å². The van der Waals surface area contributed by atoms with Gasteiger partial charge < -0.3 is 24.1 Å². The fraction of sp³-hybridized carbons (Fsp3) is 0.609. The summed E-state index contributed by atoms with van der Waals surface area (Å²) in [6.45, 7) is 5.54. The SMILES string of the molecule is COc1cc(CC/C=C(\C)C/C=C/[C@@](C)(O)CC[C@@H](O)[C@]2(C)CCC(=O)O2)co1. The number of carbonyl (C=O) groups is 1. The molecule has 1 fully saturated rings. The van der Waals surface area contributed by atoms with E-state index in [1.807, 2.05) is 12.1 Å². The topological polar surface area (TPSA) is 89.1 Å². The van der Waals surface area contributed by atoms with Crippen LogP contribution in [-0.2, 0) is 16.0 Å². The van der Waals surface area contributed by atoms with Crippen molar-refractivity contribution in [3.8, 4) is 5.95 Å². The van der Waals surface area contributed by atoms with Crippen LogP contribution in [0.5, 0.6) is 5.95 Å². The first-order chi connectivity index (χ1) is 13.6. The van der Waals surface area contributed by atoms with Crippen molar-refractivity contribution in [1.29, 1.82) is 0 Å². The van der Waals surface area contributed by atoms with Gasteiger partial charge in [-0.3, -0.25) is 4.79 Å². The monoisotopic (exact) mass is 406 g/mol. The molecule has 1 saturated heterocycles. The molecular formula is C23H34O6. The van der Waals surface area contributed by atoms with Gasteiger partial charge in [0, 0.05) is 12.5 Å². The Kier molecular flexibility index (Phi) is 8.11. The molecule has 6 heteroatoms. The van der Waals surface area contributed by atoms with Crippen LogP contribution in [0.15, 0.2) is 40.5 Å². The molecule has 1 aliphatic rings. The van der Waals surface area contributed by atoms with Gasteiger partial charge in [-0.1, -0.05) is 23.8 Å². The van der Waals surface area contributed by atoms with E-state index < -0.39 is 17.3 Å². The van der Waals surface area contributed by atoms with Gasteiger partial charge in [0.25, 0.3) is 5.95 Å². The summed E-state index contributed by atoms with van der Waals surface area (Å²) in [4.78, 5) is 11.3. The molecule has 0 bridgehead atoms. The predicted octanol–water partition coefficient (Wildman–Crippen LogP) is 4.10. The van der Waals surface area contributed by atoms with Crippen LogP contribution in [0.4, 0.5) is 0 Å². The number of allylic oxidation sites excluding steroid dienone is 3. The van der Waals surface area contributed by atoms with Gasteiger partial charge in [0.2, 0.25) is 0 Å². The summed E-state index contributed by atoms with van der Waals surface area (Å²) < 4.78 is 15.5. The lowest BCUT2D eigenvalue weighted by Gasteiger charge is -2.30. The highest BCUT2D eigenvalue weighted by Gasteiger charge is 2.42. The van der Waals surface area contributed by atoms with E-state index in [0.717, 1.165) is 24.8 Å². The number of cyclic esters (lactones) is 1. The molecule has 162 valence electrons. The fourth-order valence-corrected chi connectivity index (χ4v) is 3.42. The second kappa shape index (κ2) is 10.1. The van der Waals surface area contributed by atoms with Gasteiger partial charge in [-0.25, -0.2) is 0 Å². The van der Waals surface area contributed by atoms with E-state index in [1.165, 1.54) is 5.57 Å². The molecule has 0 amide bonds. The molecular weight excluding hydrogens is 372 g/mol. The van der Waals surface area contributed by atoms with Gasteiger partial charge in [0.1, 0.15) is 5.60 Å². The Morgan fingerprint density at radius 2 is 2.24 bits per heavy atom. The molecule has 2 N–H and O–H groups in total. The molecule has 1 aromatic heterocycles. The fourth-order valence-electron chi connectivity index (χ4n) is 3.42. The standard InChI is InChI=1S/C23H34O6/c1-17(7-5-9-18-15-21(27-4)28-16-18)8-6-12-22(2,26)13-10-19(24)23(3)14-11-20(25)29-23/h6-7,12,15-16,19,24,26H,5,8-11,13-14H2,1-4H3/b12-6+,17-7+/t19-,22-,23+/m1/s1. The Balaban J connectivity index is 1.73. The number of aliphatic hydroxyl groups excluding tert-OH is 1. The molecule has 0 radical (unpaired) electrons. The zero-order valence-electron chi connectivity index (χ0n) is 17.9. The Hall–Kier alpha value is -2.05. The van der Waals surface area contributed by atoms with Gasteiger partial charge in [0.15, 0.2) is 0 Å². The average molecular weight is 407 g/mol. The van der Waals surface area contributed by atoms with Crippen LogP contribution >= 0.6 is 0 Å². The van der Waals surface area contributed by atoms with Crippen LogP contribution in [-0.4, -0.2) is 40.6 Å². The van der Waals surface area contributed by atoms with Crippen LogP contribution in [0.2, 0.25) is 0 Å². The largest absolute Gasteiger partial charge is 0.468 e. The first-order valence-electron chi connectivity index (χ1n) is 10.2. The lowest BCUT2D eigenvalue weighted by atomic mass is 9.88. The Morgan fingerprint density at radius 1 is 1.48 bits per heavy atom. The van der Waals surface area contributed by atoms with Crippen molar-refractivity contribution >= 4 is 5.97 Å². The first-order valence-corrected chi connectivity index (χ1v) is 10.2. The zero-order valence-corrected chi connectivity index (χ0v) is 17.9. The molecule has 6 nitrogen and oxygen atoms in total. The van der Waals surface area contributed by atoms with Crippen molar-refractivity contribution in [2.75, 3.05) is 7.11 Å². The number of methoxy groups -OCH3 is 1. The Labute approximate surface area is 173 Å². The number of esters is 1. The van der Waals surface area contributed by atoms with E-state index >= 15 is 0 Å². The van der Waals surface area contributed by atoms with Crippen LogP contribution < -0.4 is 4.74 Å². The number of carbonyl (C=O) groups excluding carboxylic acids is 1. The number of aliphatic hydroxyl groups is 2. The maximum atomic E-state index is 11.3. The van der Waals surface area contributed by atoms with Crippen LogP contribution in [0.25, 0.3) is 0 Å². The molecule has 2 rings (SSSR count). The summed E-state index contributed by atoms with van der Waals surface area (Å²) in [5.74, 6) is 0.253. The molecule has 0 aliphatic carbocycles. The first kappa shape index (κ1) is 23.2. The highest BCUT2D eigenvalue weighted by Crippen LogP contribution is 2.32. The number of furan rings is 1. The van der Waals surface area contributed by atoms with Crippen LogP contribution in [0.3, 0.4) is 0 Å². The molecule has 29 heavy (non-hydrogen) atoms. The molecule has 0 aromatic carbocycles. The van der Waals surface area contributed by atoms with Crippen molar-refractivity contribution in [2.24, 2.45) is 0 Å². The molecule has 2 heterocycles. The van der Waals surface area contributed by atoms with Crippen molar-refractivity contribution in [3.05, 3.63) is 41.7 Å². The van der Waals surface area contributed by atoms with Crippen molar-refractivity contribution < 1.29 is 28.9 Å². The van der Waals surface area contributed by atoms with E-state index in [0.29, 0.717) is 31.6 Å². The molecule has 0 unspecified atom stereocenters. The minimum atomic E-state index is -1.02. The van der Waals surface area contributed by atoms with E-state index in [1.54, 1.807) is 33.3 Å². The number of hydrogen-bond donors (Lipinski definition) is 2. The summed E-state index contributed by atoms with van der Waals surface area (Å²) in [6, 6.07) is 1.89. The third-order valence-corrected chi connectivity index (χ3v) is 5.47. The number of rotatable bonds is 11. The third kappa shape index (κ3) is 7.37. The average Bonchev–Trinajstić information content (AvgIpc) is 3.26. The van der Waals surface area contributed by atoms with Crippen molar-refractivity contribution in [1.82, 2.24) is 0 Å². The van der Waals surface area contributed by atoms with E-state index in [-0.39, 0.29) is 5.97 Å². The van der Waals surface area contributed by atoms with E-state index in [9.17, 15) is 15.0 Å². The Bertz CT molecular complexity index is 729. The Morgan fingerprint density at radius 3 is 2.86 bits per heavy atom. The minimum Gasteiger partial charge on any atom is -0.468 e. The molecule has 1 aliphatic heterocycles. The van der Waals surface area contributed by atoms with Crippen molar-refractivity contribution in [3.63, 3.8) is 0 Å². The molecule has 1 aromatic rings. The van der Waals surface area contributed by atoms with Gasteiger partial charge in [-0.2, -0.15) is 0 Å². The highest BCUT2D eigenvalue weighted by molar-refractivity contribution is 5.72. The second-order valence-corrected chi connectivity index (χ2v) is 8.37. The van der Waals surface area contributed by atoms with E-state index in [4.69, 9.17) is 13.9 Å². The molecule has 0 saturated carbocycles. The van der Waals surface area contributed by atoms with Gasteiger partial charge >= 0.3 is 5.97 Å². The number of ether oxygens (including phenoxy) is 2. The molecule has 3 atom stereocenters. The predicted molar refractivity (Wildman–Crippen MR) is 111 cm³/mol. The molecule has 0 spiro atoms. The maximum Gasteiger partial charge on any atom is 0.306 e. The zero-order chi connectivity index (χ0) is 21.5. The number of hydrogen-bond acceptors (Lipinski definition) is 6. The highest BCUT2D eigenvalue weighted by atomic mass is 16.6. The lowest BCUT2D eigenvalue weighted by molar-refractivity contribution is -0.156. The van der Waals surface area contributed by atoms with Gasteiger partial charge in [-0.15, -0.1) is 0 Å². The quantitative estimate of drug-likeness (QED) is 0.425. The van der Waals surface area contributed by atoms with Crippen molar-refractivity contribution in [2.45, 2.75) is 83.0 Å². The van der Waals surface area contributed by atoms with E-state index in [2.05, 4.69) is 13.0 Å². The smallest absolute Gasteiger partial charge is 0.306 e. The van der Waals surface area contributed by atoms with Crippen LogP contribution in [0, 0.1) is 0 Å². The third-order valence-electron chi connectivity index (χ3n) is 5.47. The summed E-state index contributed by atoms with van der Waals surface area (Å²) in [5.41, 5.74) is 0.463. The van der Waals surface area contributed by atoms with Crippen LogP contribution in [0.1, 0.15) is 64.9 Å². The van der Waals surface area contributed by atoms with Gasteiger partial charge in [-0.05, 0) is 64.9 Å². The summed E-state index contributed by atoms with van der Waals surface area (Å²) in [5, 5.41) is 20.9. The number of aryl methyl sites for hydroxylation is 1.